The lowest BCUT2D eigenvalue weighted by atomic mass is 10.1. The fourth-order valence-corrected chi connectivity index (χ4v) is 5.58. The van der Waals surface area contributed by atoms with Crippen LogP contribution in [0, 0.1) is 13.8 Å². The van der Waals surface area contributed by atoms with Gasteiger partial charge in [-0.1, -0.05) is 48.5 Å². The number of nitrogens with one attached hydrogen (secondary N) is 1. The zero-order valence-corrected chi connectivity index (χ0v) is 22.5. The standard InChI is InChI=1S/C28H23BrN4O3S/c1-17-13-19-7-3-4-8-20(19)16-25(17)33-26(14-18(2)32-33)28(34)31-24-12-11-21(15-23(24)29)22-9-5-6-10-27(22)37(30,35)36/h3-16H,1-2H3,(H,31,34)(H2,30,35,36). The van der Waals surface area contributed by atoms with Crippen molar-refractivity contribution in [1.29, 1.82) is 0 Å². The molecule has 0 radical (unpaired) electrons. The van der Waals surface area contributed by atoms with Crippen LogP contribution in [0.3, 0.4) is 0 Å². The van der Waals surface area contributed by atoms with E-state index in [9.17, 15) is 13.2 Å². The van der Waals surface area contributed by atoms with E-state index in [-0.39, 0.29) is 10.8 Å². The van der Waals surface area contributed by atoms with Crippen molar-refractivity contribution in [1.82, 2.24) is 9.78 Å². The minimum Gasteiger partial charge on any atom is -0.320 e. The van der Waals surface area contributed by atoms with Gasteiger partial charge in [0, 0.05) is 10.0 Å². The van der Waals surface area contributed by atoms with Crippen LogP contribution in [-0.2, 0) is 10.0 Å². The molecule has 1 aromatic heterocycles. The van der Waals surface area contributed by atoms with Crippen LogP contribution in [0.25, 0.3) is 27.6 Å². The second-order valence-electron chi connectivity index (χ2n) is 8.76. The summed E-state index contributed by atoms with van der Waals surface area (Å²) in [5.41, 5.74) is 4.58. The Morgan fingerprint density at radius 1 is 0.919 bits per heavy atom. The number of anilines is 1. The predicted molar refractivity (Wildman–Crippen MR) is 149 cm³/mol. The number of nitrogens with zero attached hydrogens (tertiary/aromatic N) is 2. The quantitative estimate of drug-likeness (QED) is 0.269. The molecule has 0 aliphatic carbocycles. The Labute approximate surface area is 223 Å². The number of sulfonamides is 1. The second-order valence-corrected chi connectivity index (χ2v) is 11.1. The highest BCUT2D eigenvalue weighted by atomic mass is 79.9. The van der Waals surface area contributed by atoms with Crippen molar-refractivity contribution in [3.63, 3.8) is 0 Å². The molecule has 0 bridgehead atoms. The highest BCUT2D eigenvalue weighted by molar-refractivity contribution is 9.10. The number of halogens is 1. The second kappa shape index (κ2) is 9.59. The van der Waals surface area contributed by atoms with Crippen LogP contribution in [0.1, 0.15) is 21.7 Å². The first-order valence-electron chi connectivity index (χ1n) is 11.4. The summed E-state index contributed by atoms with van der Waals surface area (Å²) in [6.07, 6.45) is 0. The van der Waals surface area contributed by atoms with E-state index in [0.29, 0.717) is 32.7 Å². The molecule has 0 saturated heterocycles. The van der Waals surface area contributed by atoms with E-state index in [2.05, 4.69) is 38.5 Å². The van der Waals surface area contributed by atoms with Gasteiger partial charge in [0.25, 0.3) is 5.91 Å². The third kappa shape index (κ3) is 4.93. The molecule has 5 aromatic rings. The summed E-state index contributed by atoms with van der Waals surface area (Å²) in [5.74, 6) is -0.327. The number of aromatic nitrogens is 2. The number of carbonyl (C=O) groups is 1. The molecule has 1 amide bonds. The first-order chi connectivity index (χ1) is 17.6. The van der Waals surface area contributed by atoms with Gasteiger partial charge < -0.3 is 5.32 Å². The summed E-state index contributed by atoms with van der Waals surface area (Å²) in [5, 5.41) is 15.1. The van der Waals surface area contributed by atoms with Gasteiger partial charge in [-0.05, 0) is 88.1 Å². The molecule has 0 spiro atoms. The van der Waals surface area contributed by atoms with Crippen LogP contribution in [-0.4, -0.2) is 24.1 Å². The number of nitrogens with two attached hydrogens (primary N) is 1. The summed E-state index contributed by atoms with van der Waals surface area (Å²) in [4.78, 5) is 13.4. The molecule has 186 valence electrons. The summed E-state index contributed by atoms with van der Waals surface area (Å²) in [7, 11) is -3.90. The van der Waals surface area contributed by atoms with Gasteiger partial charge >= 0.3 is 0 Å². The Kier molecular flexibility index (Phi) is 6.45. The highest BCUT2D eigenvalue weighted by Gasteiger charge is 2.19. The first-order valence-corrected chi connectivity index (χ1v) is 13.8. The number of carbonyl (C=O) groups excluding carboxylic acids is 1. The van der Waals surface area contributed by atoms with Crippen LogP contribution in [0.5, 0.6) is 0 Å². The average molecular weight is 575 g/mol. The molecule has 0 fully saturated rings. The van der Waals surface area contributed by atoms with E-state index in [1.807, 2.05) is 38.1 Å². The third-order valence-electron chi connectivity index (χ3n) is 6.08. The van der Waals surface area contributed by atoms with Crippen molar-refractivity contribution in [2.75, 3.05) is 5.32 Å². The van der Waals surface area contributed by atoms with Crippen LogP contribution in [0.2, 0.25) is 0 Å². The lowest BCUT2D eigenvalue weighted by Gasteiger charge is -2.14. The normalized spacial score (nSPS) is 11.6. The fraction of sp³-hybridized carbons (Fsp3) is 0.0714. The molecule has 0 aliphatic rings. The van der Waals surface area contributed by atoms with Gasteiger partial charge in [-0.15, -0.1) is 0 Å². The average Bonchev–Trinajstić information content (AvgIpc) is 3.25. The Bertz CT molecular complexity index is 1800. The van der Waals surface area contributed by atoms with E-state index in [1.165, 1.54) is 6.07 Å². The smallest absolute Gasteiger partial charge is 0.274 e. The largest absolute Gasteiger partial charge is 0.320 e. The molecule has 1 heterocycles. The van der Waals surface area contributed by atoms with Crippen molar-refractivity contribution < 1.29 is 13.2 Å². The maximum absolute atomic E-state index is 13.4. The molecule has 7 nitrogen and oxygen atoms in total. The molecule has 0 saturated carbocycles. The summed E-state index contributed by atoms with van der Waals surface area (Å²) < 4.78 is 26.3. The number of hydrogen-bond acceptors (Lipinski definition) is 4. The molecule has 9 heteroatoms. The van der Waals surface area contributed by atoms with Crippen molar-refractivity contribution >= 4 is 48.3 Å². The van der Waals surface area contributed by atoms with Gasteiger partial charge in [-0.3, -0.25) is 4.79 Å². The monoisotopic (exact) mass is 574 g/mol. The minimum atomic E-state index is -3.90. The topological polar surface area (TPSA) is 107 Å². The van der Waals surface area contributed by atoms with Gasteiger partial charge in [0.1, 0.15) is 5.69 Å². The Morgan fingerprint density at radius 2 is 1.59 bits per heavy atom. The Hall–Kier alpha value is -3.79. The molecule has 37 heavy (non-hydrogen) atoms. The predicted octanol–water partition coefficient (Wildman–Crippen LogP) is 5.97. The highest BCUT2D eigenvalue weighted by Crippen LogP contribution is 2.33. The maximum Gasteiger partial charge on any atom is 0.274 e. The molecule has 0 atom stereocenters. The molecule has 0 unspecified atom stereocenters. The Morgan fingerprint density at radius 3 is 2.30 bits per heavy atom. The van der Waals surface area contributed by atoms with Gasteiger partial charge in [-0.25, -0.2) is 18.2 Å². The molecule has 0 aliphatic heterocycles. The SMILES string of the molecule is Cc1cc(C(=O)Nc2ccc(-c3ccccc3S(N)(=O)=O)cc2Br)n(-c2cc3ccccc3cc2C)n1. The number of primary sulfonamides is 1. The molecular weight excluding hydrogens is 552 g/mol. The van der Waals surface area contributed by atoms with E-state index < -0.39 is 10.0 Å². The van der Waals surface area contributed by atoms with E-state index in [0.717, 1.165) is 22.0 Å². The van der Waals surface area contributed by atoms with Crippen LogP contribution in [0.4, 0.5) is 5.69 Å². The van der Waals surface area contributed by atoms with Crippen molar-refractivity contribution in [2.45, 2.75) is 18.7 Å². The summed E-state index contributed by atoms with van der Waals surface area (Å²) >= 11 is 3.51. The number of benzene rings is 4. The zero-order valence-electron chi connectivity index (χ0n) is 20.1. The number of fused-ring (bicyclic) bond motifs is 1. The van der Waals surface area contributed by atoms with Crippen molar-refractivity contribution in [3.05, 3.63) is 106 Å². The summed E-state index contributed by atoms with van der Waals surface area (Å²) in [6, 6.07) is 25.6. The number of rotatable bonds is 5. The van der Waals surface area contributed by atoms with E-state index in [4.69, 9.17) is 5.14 Å². The zero-order chi connectivity index (χ0) is 26.3. The molecular formula is C28H23BrN4O3S. The first kappa shape index (κ1) is 24.9. The molecule has 5 rings (SSSR count). The van der Waals surface area contributed by atoms with Gasteiger partial charge in [0.2, 0.25) is 10.0 Å². The number of amides is 1. The number of hydrogen-bond donors (Lipinski definition) is 2. The van der Waals surface area contributed by atoms with Crippen LogP contribution < -0.4 is 10.5 Å². The van der Waals surface area contributed by atoms with Crippen LogP contribution in [0.15, 0.2) is 94.3 Å². The maximum atomic E-state index is 13.4. The lowest BCUT2D eigenvalue weighted by molar-refractivity contribution is 0.101. The van der Waals surface area contributed by atoms with Crippen LogP contribution >= 0.6 is 15.9 Å². The van der Waals surface area contributed by atoms with Crippen molar-refractivity contribution in [2.24, 2.45) is 5.14 Å². The van der Waals surface area contributed by atoms with Crippen molar-refractivity contribution in [3.8, 4) is 16.8 Å². The van der Waals surface area contributed by atoms with E-state index in [1.54, 1.807) is 47.1 Å². The molecule has 4 aromatic carbocycles. The number of aryl methyl sites for hydroxylation is 2. The lowest BCUT2D eigenvalue weighted by Crippen LogP contribution is -2.17. The van der Waals surface area contributed by atoms with E-state index >= 15 is 0 Å². The third-order valence-corrected chi connectivity index (χ3v) is 7.70. The van der Waals surface area contributed by atoms with Gasteiger partial charge in [0.05, 0.1) is 22.0 Å². The molecule has 3 N–H and O–H groups in total. The summed E-state index contributed by atoms with van der Waals surface area (Å²) in [6.45, 7) is 3.84. The van der Waals surface area contributed by atoms with Gasteiger partial charge in [0.15, 0.2) is 0 Å². The Balaban J connectivity index is 1.49. The minimum absolute atomic E-state index is 0.0313. The fourth-order valence-electron chi connectivity index (χ4n) is 4.34. The van der Waals surface area contributed by atoms with Gasteiger partial charge in [-0.2, -0.15) is 5.10 Å².